The molecule has 1 aliphatic heterocycles. The molecule has 0 atom stereocenters. The number of hydrazine groups is 1. The van der Waals surface area contributed by atoms with Gasteiger partial charge in [0, 0.05) is 19.2 Å². The molecule has 0 unspecified atom stereocenters. The van der Waals surface area contributed by atoms with Crippen LogP contribution >= 0.6 is 0 Å². The van der Waals surface area contributed by atoms with Crippen LogP contribution in [0.3, 0.4) is 0 Å². The van der Waals surface area contributed by atoms with Crippen molar-refractivity contribution in [1.29, 1.82) is 0 Å². The zero-order valence-corrected chi connectivity index (χ0v) is 10.1. The Bertz CT molecular complexity index is 478. The van der Waals surface area contributed by atoms with E-state index in [-0.39, 0.29) is 11.8 Å². The minimum absolute atomic E-state index is 0.00733. The van der Waals surface area contributed by atoms with Crippen molar-refractivity contribution in [2.24, 2.45) is 0 Å². The van der Waals surface area contributed by atoms with Crippen molar-refractivity contribution in [1.82, 2.24) is 20.2 Å². The first-order chi connectivity index (χ1) is 8.75. The van der Waals surface area contributed by atoms with Crippen molar-refractivity contribution in [3.05, 3.63) is 18.0 Å². The van der Waals surface area contributed by atoms with Gasteiger partial charge < -0.3 is 0 Å². The summed E-state index contributed by atoms with van der Waals surface area (Å²) in [6, 6.07) is 2.06. The molecule has 1 aliphatic carbocycles. The molecule has 1 aromatic rings. The molecule has 6 nitrogen and oxygen atoms in total. The minimum atomic E-state index is -0.241. The van der Waals surface area contributed by atoms with E-state index in [1.54, 1.807) is 16.9 Å². The zero-order valence-electron chi connectivity index (χ0n) is 10.1. The Morgan fingerprint density at radius 3 is 2.94 bits per heavy atom. The van der Waals surface area contributed by atoms with Gasteiger partial charge in [0.25, 0.3) is 5.91 Å². The number of carbonyl (C=O) groups is 2. The Kier molecular flexibility index (Phi) is 2.77. The maximum absolute atomic E-state index is 12.1. The third kappa shape index (κ3) is 2.10. The second kappa shape index (κ2) is 4.44. The molecular formula is C12H16N4O2. The predicted octanol–water partition coefficient (Wildman–Crippen LogP) is 0.875. The van der Waals surface area contributed by atoms with E-state index in [1.807, 2.05) is 0 Å². The fraction of sp³-hybridized carbons (Fsp3) is 0.583. The average Bonchev–Trinajstić information content (AvgIpc) is 3.09. The summed E-state index contributed by atoms with van der Waals surface area (Å²) in [5.41, 5.74) is 3.22. The molecule has 0 spiro atoms. The van der Waals surface area contributed by atoms with Gasteiger partial charge in [-0.15, -0.1) is 0 Å². The number of amides is 2. The number of aromatic nitrogens is 2. The molecule has 1 aromatic heterocycles. The van der Waals surface area contributed by atoms with E-state index in [9.17, 15) is 9.59 Å². The van der Waals surface area contributed by atoms with Crippen molar-refractivity contribution >= 4 is 11.8 Å². The lowest BCUT2D eigenvalue weighted by molar-refractivity contribution is -0.135. The third-order valence-electron chi connectivity index (χ3n) is 3.36. The molecule has 2 aliphatic rings. The van der Waals surface area contributed by atoms with Gasteiger partial charge in [0.2, 0.25) is 5.91 Å². The van der Waals surface area contributed by atoms with Crippen LogP contribution in [0.5, 0.6) is 0 Å². The predicted molar refractivity (Wildman–Crippen MR) is 63.5 cm³/mol. The summed E-state index contributed by atoms with van der Waals surface area (Å²) in [4.78, 5) is 23.7. The first kappa shape index (κ1) is 11.3. The molecule has 6 heteroatoms. The molecule has 2 fully saturated rings. The van der Waals surface area contributed by atoms with E-state index >= 15 is 0 Å². The summed E-state index contributed by atoms with van der Waals surface area (Å²) < 4.78 is 1.75. The monoisotopic (exact) mass is 248 g/mol. The first-order valence-electron chi connectivity index (χ1n) is 6.40. The van der Waals surface area contributed by atoms with E-state index in [4.69, 9.17) is 0 Å². The Labute approximate surface area is 105 Å². The minimum Gasteiger partial charge on any atom is -0.273 e. The standard InChI is InChI=1S/C12H16N4O2/c17-11-3-1-2-8-15(11)14-12(18)10-6-7-13-16(10)9-4-5-9/h6-7,9H,1-5,8H2,(H,14,18). The van der Waals surface area contributed by atoms with Gasteiger partial charge in [-0.3, -0.25) is 24.7 Å². The Balaban J connectivity index is 1.70. The van der Waals surface area contributed by atoms with Crippen molar-refractivity contribution < 1.29 is 9.59 Å². The van der Waals surface area contributed by atoms with E-state index < -0.39 is 0 Å². The van der Waals surface area contributed by atoms with Gasteiger partial charge in [-0.1, -0.05) is 0 Å². The summed E-state index contributed by atoms with van der Waals surface area (Å²) in [6.07, 6.45) is 6.14. The Hall–Kier alpha value is -1.85. The molecule has 1 saturated carbocycles. The molecule has 3 rings (SSSR count). The van der Waals surface area contributed by atoms with Gasteiger partial charge in [-0.05, 0) is 31.7 Å². The smallest absolute Gasteiger partial charge is 0.273 e. The van der Waals surface area contributed by atoms with Crippen molar-refractivity contribution in [3.63, 3.8) is 0 Å². The lowest BCUT2D eigenvalue weighted by atomic mass is 10.1. The van der Waals surface area contributed by atoms with Gasteiger partial charge >= 0.3 is 0 Å². The SMILES string of the molecule is O=C(NN1CCCCC1=O)c1ccnn1C1CC1. The molecule has 18 heavy (non-hydrogen) atoms. The lowest BCUT2D eigenvalue weighted by Crippen LogP contribution is -2.48. The van der Waals surface area contributed by atoms with Crippen molar-refractivity contribution in [3.8, 4) is 0 Å². The number of piperidine rings is 1. The average molecular weight is 248 g/mol. The summed E-state index contributed by atoms with van der Waals surface area (Å²) in [5, 5.41) is 5.59. The van der Waals surface area contributed by atoms with Crippen LogP contribution in [0.1, 0.15) is 48.6 Å². The Morgan fingerprint density at radius 1 is 1.39 bits per heavy atom. The summed E-state index contributed by atoms with van der Waals surface area (Å²) in [7, 11) is 0. The first-order valence-corrected chi connectivity index (χ1v) is 6.40. The second-order valence-electron chi connectivity index (χ2n) is 4.84. The number of nitrogens with zero attached hydrogens (tertiary/aromatic N) is 3. The summed E-state index contributed by atoms with van der Waals surface area (Å²) in [6.45, 7) is 0.599. The third-order valence-corrected chi connectivity index (χ3v) is 3.36. The van der Waals surface area contributed by atoms with Crippen LogP contribution in [-0.4, -0.2) is 33.1 Å². The number of nitrogens with one attached hydrogen (secondary N) is 1. The highest BCUT2D eigenvalue weighted by molar-refractivity contribution is 5.94. The van der Waals surface area contributed by atoms with E-state index in [0.29, 0.717) is 24.7 Å². The van der Waals surface area contributed by atoms with E-state index in [1.165, 1.54) is 5.01 Å². The highest BCUT2D eigenvalue weighted by Gasteiger charge is 2.29. The van der Waals surface area contributed by atoms with E-state index in [2.05, 4.69) is 10.5 Å². The Morgan fingerprint density at radius 2 is 2.22 bits per heavy atom. The molecular weight excluding hydrogens is 232 g/mol. The maximum atomic E-state index is 12.1. The number of rotatable bonds is 3. The normalized spacial score (nSPS) is 20.0. The van der Waals surface area contributed by atoms with Gasteiger partial charge in [-0.25, -0.2) is 0 Å². The lowest BCUT2D eigenvalue weighted by Gasteiger charge is -2.26. The van der Waals surface area contributed by atoms with Gasteiger partial charge in [0.1, 0.15) is 5.69 Å². The quantitative estimate of drug-likeness (QED) is 0.863. The molecule has 2 heterocycles. The topological polar surface area (TPSA) is 67.2 Å². The fourth-order valence-corrected chi connectivity index (χ4v) is 2.21. The van der Waals surface area contributed by atoms with Crippen LogP contribution < -0.4 is 5.43 Å². The molecule has 2 amide bonds. The largest absolute Gasteiger partial charge is 0.288 e. The van der Waals surface area contributed by atoms with Crippen molar-refractivity contribution in [2.75, 3.05) is 6.54 Å². The van der Waals surface area contributed by atoms with Crippen LogP contribution in [0.15, 0.2) is 12.3 Å². The highest BCUT2D eigenvalue weighted by Crippen LogP contribution is 2.34. The fourth-order valence-electron chi connectivity index (χ4n) is 2.21. The second-order valence-corrected chi connectivity index (χ2v) is 4.84. The molecule has 1 saturated heterocycles. The highest BCUT2D eigenvalue weighted by atomic mass is 16.2. The van der Waals surface area contributed by atoms with Crippen LogP contribution in [-0.2, 0) is 4.79 Å². The van der Waals surface area contributed by atoms with Gasteiger partial charge in [-0.2, -0.15) is 5.10 Å². The molecule has 0 aromatic carbocycles. The van der Waals surface area contributed by atoms with Crippen LogP contribution in [0.25, 0.3) is 0 Å². The van der Waals surface area contributed by atoms with Gasteiger partial charge in [0.05, 0.1) is 6.04 Å². The summed E-state index contributed by atoms with van der Waals surface area (Å²) in [5.74, 6) is -0.248. The number of carbonyl (C=O) groups excluding carboxylic acids is 2. The van der Waals surface area contributed by atoms with Crippen LogP contribution in [0.4, 0.5) is 0 Å². The molecule has 0 radical (unpaired) electrons. The molecule has 1 N–H and O–H groups in total. The van der Waals surface area contributed by atoms with Crippen molar-refractivity contribution in [2.45, 2.75) is 38.1 Å². The number of hydrogen-bond donors (Lipinski definition) is 1. The van der Waals surface area contributed by atoms with Crippen LogP contribution in [0, 0.1) is 0 Å². The molecule has 96 valence electrons. The van der Waals surface area contributed by atoms with Gasteiger partial charge in [0.15, 0.2) is 0 Å². The summed E-state index contributed by atoms with van der Waals surface area (Å²) >= 11 is 0. The zero-order chi connectivity index (χ0) is 12.5. The van der Waals surface area contributed by atoms with Crippen LogP contribution in [0.2, 0.25) is 0 Å². The number of hydrogen-bond acceptors (Lipinski definition) is 3. The maximum Gasteiger partial charge on any atom is 0.288 e. The molecule has 0 bridgehead atoms. The van der Waals surface area contributed by atoms with E-state index in [0.717, 1.165) is 25.7 Å².